The maximum Gasteiger partial charge on any atom is 0.303 e. The number of rotatable bonds is 11. The fraction of sp³-hybridized carbons (Fsp3) is 0.722. The van der Waals surface area contributed by atoms with Gasteiger partial charge in [-0.1, -0.05) is 57.3 Å². The second-order valence-corrected chi connectivity index (χ2v) is 5.08. The molecule has 0 aliphatic rings. The zero-order valence-corrected chi connectivity index (χ0v) is 12.8. The summed E-state index contributed by atoms with van der Waals surface area (Å²) >= 11 is 0. The maximum atomic E-state index is 10.3. The number of carboxylic acid groups (broad SMARTS) is 1. The Morgan fingerprint density at radius 3 is 1.85 bits per heavy atom. The maximum absolute atomic E-state index is 10.3. The molecular weight excluding hydrogens is 248 g/mol. The highest BCUT2D eigenvalue weighted by Crippen LogP contribution is 2.07. The Kier molecular flexibility index (Phi) is 14.5. The van der Waals surface area contributed by atoms with Crippen molar-refractivity contribution in [3.63, 3.8) is 0 Å². The summed E-state index contributed by atoms with van der Waals surface area (Å²) < 4.78 is 0. The SMILES string of the molecule is CCCCCCCCCC#CC#CCCCCC(=O)O. The van der Waals surface area contributed by atoms with Crippen LogP contribution >= 0.6 is 0 Å². The average Bonchev–Trinajstić information content (AvgIpc) is 2.43. The lowest BCUT2D eigenvalue weighted by atomic mass is 10.1. The number of hydrogen-bond donors (Lipinski definition) is 1. The standard InChI is InChI=1S/C18H28O2/c1-2-3-4-5-6-7-8-9-10-11-12-13-14-15-16-17-18(19)20/h2-9,14-17H2,1H3,(H,19,20). The molecule has 0 bridgehead atoms. The van der Waals surface area contributed by atoms with E-state index < -0.39 is 5.97 Å². The van der Waals surface area contributed by atoms with Gasteiger partial charge in [-0.25, -0.2) is 0 Å². The Morgan fingerprint density at radius 2 is 1.30 bits per heavy atom. The van der Waals surface area contributed by atoms with Gasteiger partial charge >= 0.3 is 5.97 Å². The van der Waals surface area contributed by atoms with Crippen LogP contribution in [-0.4, -0.2) is 11.1 Å². The summed E-state index contributed by atoms with van der Waals surface area (Å²) in [7, 11) is 0. The molecule has 1 N–H and O–H groups in total. The van der Waals surface area contributed by atoms with Crippen molar-refractivity contribution in [2.24, 2.45) is 0 Å². The largest absolute Gasteiger partial charge is 0.481 e. The van der Waals surface area contributed by atoms with Gasteiger partial charge in [-0.15, -0.1) is 0 Å². The van der Waals surface area contributed by atoms with Crippen LogP contribution in [0.3, 0.4) is 0 Å². The molecule has 0 atom stereocenters. The van der Waals surface area contributed by atoms with Crippen LogP contribution < -0.4 is 0 Å². The monoisotopic (exact) mass is 276 g/mol. The minimum atomic E-state index is -0.729. The van der Waals surface area contributed by atoms with Gasteiger partial charge < -0.3 is 5.11 Å². The van der Waals surface area contributed by atoms with Crippen LogP contribution in [0.15, 0.2) is 0 Å². The van der Waals surface area contributed by atoms with Crippen LogP contribution in [0.1, 0.15) is 84.0 Å². The van der Waals surface area contributed by atoms with Crippen molar-refractivity contribution in [2.45, 2.75) is 84.0 Å². The van der Waals surface area contributed by atoms with Crippen molar-refractivity contribution < 1.29 is 9.90 Å². The van der Waals surface area contributed by atoms with E-state index in [1.165, 1.54) is 44.9 Å². The third-order valence-electron chi connectivity index (χ3n) is 3.09. The van der Waals surface area contributed by atoms with Gasteiger partial charge in [-0.3, -0.25) is 4.79 Å². The summed E-state index contributed by atoms with van der Waals surface area (Å²) in [5.41, 5.74) is 0. The van der Waals surface area contributed by atoms with E-state index in [1.54, 1.807) is 0 Å². The quantitative estimate of drug-likeness (QED) is 0.435. The molecule has 0 radical (unpaired) electrons. The molecule has 0 fully saturated rings. The Bertz CT molecular complexity index is 349. The number of carboxylic acids is 1. The van der Waals surface area contributed by atoms with Crippen LogP contribution in [0, 0.1) is 23.7 Å². The zero-order chi connectivity index (χ0) is 14.9. The zero-order valence-electron chi connectivity index (χ0n) is 12.8. The fourth-order valence-corrected chi connectivity index (χ4v) is 1.87. The van der Waals surface area contributed by atoms with Crippen molar-refractivity contribution in [3.05, 3.63) is 0 Å². The number of unbranched alkanes of at least 4 members (excludes halogenated alkanes) is 9. The summed E-state index contributed by atoms with van der Waals surface area (Å²) in [5, 5.41) is 8.46. The Labute approximate surface area is 124 Å². The molecule has 0 amide bonds. The van der Waals surface area contributed by atoms with Crippen molar-refractivity contribution in [2.75, 3.05) is 0 Å². The van der Waals surface area contributed by atoms with Gasteiger partial charge in [0.1, 0.15) is 0 Å². The minimum Gasteiger partial charge on any atom is -0.481 e. The van der Waals surface area contributed by atoms with Gasteiger partial charge in [0.05, 0.1) is 0 Å². The van der Waals surface area contributed by atoms with Crippen molar-refractivity contribution in [3.8, 4) is 23.7 Å². The van der Waals surface area contributed by atoms with Gasteiger partial charge in [-0.05, 0) is 31.1 Å². The molecule has 0 aliphatic carbocycles. The van der Waals surface area contributed by atoms with E-state index >= 15 is 0 Å². The summed E-state index contributed by atoms with van der Waals surface area (Å²) in [6.07, 6.45) is 12.7. The van der Waals surface area contributed by atoms with Gasteiger partial charge in [0, 0.05) is 19.3 Å². The minimum absolute atomic E-state index is 0.242. The van der Waals surface area contributed by atoms with E-state index in [2.05, 4.69) is 30.6 Å². The normalized spacial score (nSPS) is 9.25. The second-order valence-electron chi connectivity index (χ2n) is 5.08. The third-order valence-corrected chi connectivity index (χ3v) is 3.09. The first kappa shape index (κ1) is 18.6. The van der Waals surface area contributed by atoms with E-state index in [-0.39, 0.29) is 6.42 Å². The fourth-order valence-electron chi connectivity index (χ4n) is 1.87. The first-order valence-electron chi connectivity index (χ1n) is 7.95. The number of aliphatic carboxylic acids is 1. The molecule has 0 rings (SSSR count). The summed E-state index contributed by atoms with van der Waals surface area (Å²) in [6.45, 7) is 2.24. The van der Waals surface area contributed by atoms with E-state index in [0.29, 0.717) is 6.42 Å². The van der Waals surface area contributed by atoms with Gasteiger partial charge in [0.25, 0.3) is 0 Å². The predicted octanol–water partition coefficient (Wildman–Crippen LogP) is 4.78. The summed E-state index contributed by atoms with van der Waals surface area (Å²) in [5.74, 6) is 11.0. The Hall–Kier alpha value is -1.41. The average molecular weight is 276 g/mol. The molecule has 0 aliphatic heterocycles. The molecule has 112 valence electrons. The molecule has 0 heterocycles. The van der Waals surface area contributed by atoms with Crippen LogP contribution in [0.5, 0.6) is 0 Å². The molecule has 0 saturated heterocycles. The van der Waals surface area contributed by atoms with Crippen LogP contribution in [-0.2, 0) is 4.79 Å². The highest BCUT2D eigenvalue weighted by Gasteiger charge is 1.93. The van der Waals surface area contributed by atoms with Crippen LogP contribution in [0.25, 0.3) is 0 Å². The van der Waals surface area contributed by atoms with Crippen LogP contribution in [0.2, 0.25) is 0 Å². The Morgan fingerprint density at radius 1 is 0.800 bits per heavy atom. The highest BCUT2D eigenvalue weighted by molar-refractivity contribution is 5.66. The third kappa shape index (κ3) is 16.6. The lowest BCUT2D eigenvalue weighted by Crippen LogP contribution is -1.92. The molecule has 0 unspecified atom stereocenters. The van der Waals surface area contributed by atoms with Gasteiger partial charge in [0.15, 0.2) is 0 Å². The molecule has 20 heavy (non-hydrogen) atoms. The second kappa shape index (κ2) is 15.6. The number of hydrogen-bond acceptors (Lipinski definition) is 1. The van der Waals surface area contributed by atoms with Crippen LogP contribution in [0.4, 0.5) is 0 Å². The van der Waals surface area contributed by atoms with E-state index in [4.69, 9.17) is 5.11 Å². The summed E-state index contributed by atoms with van der Waals surface area (Å²) in [4.78, 5) is 10.3. The molecule has 0 saturated carbocycles. The van der Waals surface area contributed by atoms with E-state index in [1.807, 2.05) is 0 Å². The molecule has 0 aromatic heterocycles. The topological polar surface area (TPSA) is 37.3 Å². The first-order valence-corrected chi connectivity index (χ1v) is 7.95. The molecule has 0 aromatic rings. The van der Waals surface area contributed by atoms with Crippen molar-refractivity contribution >= 4 is 5.97 Å². The highest BCUT2D eigenvalue weighted by atomic mass is 16.4. The number of carbonyl (C=O) groups is 1. The molecule has 0 spiro atoms. The lowest BCUT2D eigenvalue weighted by molar-refractivity contribution is -0.137. The van der Waals surface area contributed by atoms with Crippen molar-refractivity contribution in [1.82, 2.24) is 0 Å². The van der Waals surface area contributed by atoms with Gasteiger partial charge in [-0.2, -0.15) is 0 Å². The molecule has 2 heteroatoms. The Balaban J connectivity index is 3.30. The first-order chi connectivity index (χ1) is 9.77. The molecular formula is C18H28O2. The predicted molar refractivity (Wildman–Crippen MR) is 84.3 cm³/mol. The van der Waals surface area contributed by atoms with Crippen molar-refractivity contribution in [1.29, 1.82) is 0 Å². The molecule has 0 aromatic carbocycles. The van der Waals surface area contributed by atoms with E-state index in [0.717, 1.165) is 19.3 Å². The van der Waals surface area contributed by atoms with Gasteiger partial charge in [0.2, 0.25) is 0 Å². The lowest BCUT2D eigenvalue weighted by Gasteiger charge is -1.97. The molecule has 2 nitrogen and oxygen atoms in total. The smallest absolute Gasteiger partial charge is 0.303 e. The summed E-state index contributed by atoms with van der Waals surface area (Å²) in [6, 6.07) is 0. The van der Waals surface area contributed by atoms with E-state index in [9.17, 15) is 4.79 Å².